The Balaban J connectivity index is 2.70. The topological polar surface area (TPSA) is 47.6 Å². The Kier molecular flexibility index (Phi) is 6.85. The first kappa shape index (κ1) is 16.8. The highest BCUT2D eigenvalue weighted by atomic mass is 79.9. The van der Waals surface area contributed by atoms with Crippen LogP contribution in [0.1, 0.15) is 32.3 Å². The first-order valence-electron chi connectivity index (χ1n) is 6.71. The molecule has 1 atom stereocenters. The van der Waals surface area contributed by atoms with Gasteiger partial charge < -0.3 is 14.8 Å². The monoisotopic (exact) mass is 343 g/mol. The van der Waals surface area contributed by atoms with Crippen molar-refractivity contribution in [3.8, 4) is 11.5 Å². The van der Waals surface area contributed by atoms with Gasteiger partial charge in [-0.1, -0.05) is 22.9 Å². The number of carbonyl (C=O) groups is 1. The first-order valence-corrected chi connectivity index (χ1v) is 7.50. The minimum atomic E-state index is 0.0704. The van der Waals surface area contributed by atoms with E-state index in [2.05, 4.69) is 28.2 Å². The van der Waals surface area contributed by atoms with Crippen LogP contribution in [0, 0.1) is 0 Å². The maximum atomic E-state index is 11.8. The van der Waals surface area contributed by atoms with Gasteiger partial charge in [0.2, 0.25) is 5.91 Å². The zero-order valence-electron chi connectivity index (χ0n) is 12.5. The fraction of sp³-hybridized carbons (Fsp3) is 0.533. The predicted molar refractivity (Wildman–Crippen MR) is 83.5 cm³/mol. The summed E-state index contributed by atoms with van der Waals surface area (Å²) in [4.78, 5) is 11.8. The van der Waals surface area contributed by atoms with E-state index in [0.29, 0.717) is 24.3 Å². The summed E-state index contributed by atoms with van der Waals surface area (Å²) in [7, 11) is 3.20. The van der Waals surface area contributed by atoms with Crippen LogP contribution >= 0.6 is 15.9 Å². The van der Waals surface area contributed by atoms with Gasteiger partial charge in [-0.25, -0.2) is 0 Å². The van der Waals surface area contributed by atoms with E-state index in [1.807, 2.05) is 19.1 Å². The highest BCUT2D eigenvalue weighted by molar-refractivity contribution is 9.10. The van der Waals surface area contributed by atoms with Gasteiger partial charge in [-0.15, -0.1) is 0 Å². The van der Waals surface area contributed by atoms with Crippen molar-refractivity contribution in [2.45, 2.75) is 39.2 Å². The minimum absolute atomic E-state index is 0.0704. The lowest BCUT2D eigenvalue weighted by Crippen LogP contribution is -2.32. The predicted octanol–water partition coefficient (Wildman–Crippen LogP) is 3.31. The average Bonchev–Trinajstić information content (AvgIpc) is 2.45. The molecule has 20 heavy (non-hydrogen) atoms. The second-order valence-corrected chi connectivity index (χ2v) is 5.53. The molecule has 1 unspecified atom stereocenters. The molecule has 0 aliphatic heterocycles. The van der Waals surface area contributed by atoms with Crippen LogP contribution in [0.5, 0.6) is 11.5 Å². The normalized spacial score (nSPS) is 11.8. The fourth-order valence-electron chi connectivity index (χ4n) is 1.79. The summed E-state index contributed by atoms with van der Waals surface area (Å²) in [5, 5.41) is 2.96. The summed E-state index contributed by atoms with van der Waals surface area (Å²) in [6, 6.07) is 3.98. The number of halogens is 1. The molecule has 1 rings (SSSR count). The zero-order chi connectivity index (χ0) is 15.1. The van der Waals surface area contributed by atoms with Gasteiger partial charge in [0, 0.05) is 16.9 Å². The van der Waals surface area contributed by atoms with Crippen molar-refractivity contribution in [3.63, 3.8) is 0 Å². The number of aryl methyl sites for hydroxylation is 1. The molecule has 0 radical (unpaired) electrons. The third-order valence-corrected chi connectivity index (χ3v) is 3.93. The summed E-state index contributed by atoms with van der Waals surface area (Å²) < 4.78 is 11.4. The Morgan fingerprint density at radius 3 is 2.45 bits per heavy atom. The molecule has 1 amide bonds. The molecule has 0 aromatic heterocycles. The van der Waals surface area contributed by atoms with E-state index in [-0.39, 0.29) is 11.9 Å². The van der Waals surface area contributed by atoms with Crippen molar-refractivity contribution in [1.29, 1.82) is 0 Å². The summed E-state index contributed by atoms with van der Waals surface area (Å²) in [5.41, 5.74) is 1.03. The molecule has 0 aliphatic rings. The number of benzene rings is 1. The molecule has 5 heteroatoms. The molecule has 0 aliphatic carbocycles. The third-order valence-electron chi connectivity index (χ3n) is 3.19. The largest absolute Gasteiger partial charge is 0.493 e. The van der Waals surface area contributed by atoms with Gasteiger partial charge in [-0.3, -0.25) is 4.79 Å². The Morgan fingerprint density at radius 2 is 1.90 bits per heavy atom. The van der Waals surface area contributed by atoms with Gasteiger partial charge in [-0.05, 0) is 37.5 Å². The van der Waals surface area contributed by atoms with Crippen LogP contribution in [0.15, 0.2) is 16.6 Å². The minimum Gasteiger partial charge on any atom is -0.493 e. The molecule has 0 fully saturated rings. The molecule has 4 nitrogen and oxygen atoms in total. The fourth-order valence-corrected chi connectivity index (χ4v) is 2.31. The van der Waals surface area contributed by atoms with Gasteiger partial charge in [0.1, 0.15) is 0 Å². The molecule has 0 bridgehead atoms. The maximum absolute atomic E-state index is 11.8. The lowest BCUT2D eigenvalue weighted by atomic mass is 10.1. The van der Waals surface area contributed by atoms with Crippen molar-refractivity contribution >= 4 is 21.8 Å². The van der Waals surface area contributed by atoms with Crippen molar-refractivity contribution in [3.05, 3.63) is 22.2 Å². The first-order chi connectivity index (χ1) is 9.51. The van der Waals surface area contributed by atoms with E-state index in [9.17, 15) is 4.79 Å². The third kappa shape index (κ3) is 4.71. The lowest BCUT2D eigenvalue weighted by Gasteiger charge is -2.13. The van der Waals surface area contributed by atoms with Crippen LogP contribution in [0.3, 0.4) is 0 Å². The molecule has 1 aromatic carbocycles. The Bertz CT molecular complexity index is 463. The summed E-state index contributed by atoms with van der Waals surface area (Å²) in [5.74, 6) is 1.42. The summed E-state index contributed by atoms with van der Waals surface area (Å²) in [6.07, 6.45) is 2.05. The van der Waals surface area contributed by atoms with E-state index in [0.717, 1.165) is 16.5 Å². The highest BCUT2D eigenvalue weighted by Crippen LogP contribution is 2.33. The second kappa shape index (κ2) is 8.15. The standard InChI is InChI=1S/C15H22BrNO3/c1-5-10(2)17-15(18)7-6-11-8-13(19-3)14(20-4)9-12(11)16/h8-10H,5-7H2,1-4H3,(H,17,18). The van der Waals surface area contributed by atoms with Crippen LogP contribution < -0.4 is 14.8 Å². The second-order valence-electron chi connectivity index (χ2n) is 4.68. The number of amides is 1. The molecular formula is C15H22BrNO3. The van der Waals surface area contributed by atoms with Crippen LogP contribution in [0.2, 0.25) is 0 Å². The zero-order valence-corrected chi connectivity index (χ0v) is 14.0. The number of hydrogen-bond donors (Lipinski definition) is 1. The smallest absolute Gasteiger partial charge is 0.220 e. The van der Waals surface area contributed by atoms with E-state index in [1.165, 1.54) is 0 Å². The van der Waals surface area contributed by atoms with E-state index < -0.39 is 0 Å². The molecule has 0 saturated heterocycles. The number of hydrogen-bond acceptors (Lipinski definition) is 3. The SMILES string of the molecule is CCC(C)NC(=O)CCc1cc(OC)c(OC)cc1Br. The maximum Gasteiger partial charge on any atom is 0.220 e. The number of rotatable bonds is 7. The van der Waals surface area contributed by atoms with Crippen molar-refractivity contribution in [2.75, 3.05) is 14.2 Å². The van der Waals surface area contributed by atoms with Crippen LogP contribution in [0.25, 0.3) is 0 Å². The number of ether oxygens (including phenoxy) is 2. The molecule has 0 saturated carbocycles. The molecule has 1 N–H and O–H groups in total. The highest BCUT2D eigenvalue weighted by Gasteiger charge is 2.11. The number of methoxy groups -OCH3 is 2. The van der Waals surface area contributed by atoms with Crippen molar-refractivity contribution in [2.24, 2.45) is 0 Å². The van der Waals surface area contributed by atoms with Crippen molar-refractivity contribution in [1.82, 2.24) is 5.32 Å². The van der Waals surface area contributed by atoms with E-state index in [1.54, 1.807) is 14.2 Å². The molecule has 112 valence electrons. The average molecular weight is 344 g/mol. The van der Waals surface area contributed by atoms with Gasteiger partial charge in [0.05, 0.1) is 14.2 Å². The Labute approximate surface area is 129 Å². The van der Waals surface area contributed by atoms with Gasteiger partial charge in [-0.2, -0.15) is 0 Å². The molecular weight excluding hydrogens is 322 g/mol. The Hall–Kier alpha value is -1.23. The summed E-state index contributed by atoms with van der Waals surface area (Å²) >= 11 is 3.50. The van der Waals surface area contributed by atoms with Crippen LogP contribution in [0.4, 0.5) is 0 Å². The lowest BCUT2D eigenvalue weighted by molar-refractivity contribution is -0.121. The van der Waals surface area contributed by atoms with E-state index in [4.69, 9.17) is 9.47 Å². The van der Waals surface area contributed by atoms with Crippen molar-refractivity contribution < 1.29 is 14.3 Å². The molecule has 1 aromatic rings. The van der Waals surface area contributed by atoms with E-state index >= 15 is 0 Å². The van der Waals surface area contributed by atoms with Crippen LogP contribution in [-0.4, -0.2) is 26.2 Å². The number of nitrogens with one attached hydrogen (secondary N) is 1. The summed E-state index contributed by atoms with van der Waals surface area (Å²) in [6.45, 7) is 4.06. The van der Waals surface area contributed by atoms with Gasteiger partial charge >= 0.3 is 0 Å². The van der Waals surface area contributed by atoms with Crippen LogP contribution in [-0.2, 0) is 11.2 Å². The van der Waals surface area contributed by atoms with Gasteiger partial charge in [0.25, 0.3) is 0 Å². The molecule has 0 spiro atoms. The van der Waals surface area contributed by atoms with Gasteiger partial charge in [0.15, 0.2) is 11.5 Å². The Morgan fingerprint density at radius 1 is 1.30 bits per heavy atom. The quantitative estimate of drug-likeness (QED) is 0.826. The number of carbonyl (C=O) groups excluding carboxylic acids is 1. The molecule has 0 heterocycles.